The second kappa shape index (κ2) is 5.75. The maximum absolute atomic E-state index is 10.5. The molecule has 1 N–H and O–H groups in total. The van der Waals surface area contributed by atoms with Crippen molar-refractivity contribution in [3.63, 3.8) is 0 Å². The van der Waals surface area contributed by atoms with Crippen molar-refractivity contribution in [2.45, 2.75) is 12.8 Å². The van der Waals surface area contributed by atoms with E-state index in [1.165, 1.54) is 6.08 Å². The topological polar surface area (TPSA) is 54.4 Å². The van der Waals surface area contributed by atoms with Crippen LogP contribution in [0.25, 0.3) is 0 Å². The Balaban J connectivity index is 2.65. The molecule has 78 valence electrons. The maximum Gasteiger partial charge on any atom is 0.339 e. The third kappa shape index (κ3) is 3.77. The lowest BCUT2D eigenvalue weighted by Gasteiger charge is -1.99. The monoisotopic (exact) mass is 204 g/mol. The third-order valence-corrected chi connectivity index (χ3v) is 1.96. The van der Waals surface area contributed by atoms with Crippen molar-refractivity contribution in [2.24, 2.45) is 0 Å². The normalized spacial score (nSPS) is 16.5. The molecule has 3 heteroatoms. The Bertz CT molecular complexity index is 370. The molecule has 0 radical (unpaired) electrons. The van der Waals surface area contributed by atoms with Gasteiger partial charge in [-0.3, -0.25) is 4.79 Å². The van der Waals surface area contributed by atoms with E-state index in [2.05, 4.69) is 12.2 Å². The zero-order chi connectivity index (χ0) is 11.1. The molecule has 0 amide bonds. The van der Waals surface area contributed by atoms with Crippen LogP contribution in [-0.2, 0) is 9.59 Å². The molecule has 0 fully saturated rings. The summed E-state index contributed by atoms with van der Waals surface area (Å²) in [5, 5.41) is 8.55. The fraction of sp³-hybridized carbons (Fsp3) is 0.167. The Hall–Kier alpha value is -1.90. The molecule has 0 atom stereocenters. The molecule has 1 aliphatic carbocycles. The van der Waals surface area contributed by atoms with Gasteiger partial charge in [0, 0.05) is 0 Å². The molecule has 3 nitrogen and oxygen atoms in total. The van der Waals surface area contributed by atoms with Crippen molar-refractivity contribution in [1.82, 2.24) is 0 Å². The van der Waals surface area contributed by atoms with Gasteiger partial charge in [0.25, 0.3) is 0 Å². The summed E-state index contributed by atoms with van der Waals surface area (Å²) in [6, 6.07) is 0. The Morgan fingerprint density at radius 1 is 1.40 bits per heavy atom. The minimum atomic E-state index is -1.21. The number of carboxylic acid groups (broad SMARTS) is 1. The number of hydrogen-bond acceptors (Lipinski definition) is 2. The minimum absolute atomic E-state index is 0.244. The zero-order valence-electron chi connectivity index (χ0n) is 8.22. The van der Waals surface area contributed by atoms with Crippen LogP contribution >= 0.6 is 0 Å². The molecule has 0 spiro atoms. The molecular weight excluding hydrogens is 192 g/mol. The van der Waals surface area contributed by atoms with E-state index in [9.17, 15) is 9.59 Å². The number of allylic oxidation sites excluding steroid dienone is 7. The van der Waals surface area contributed by atoms with E-state index in [4.69, 9.17) is 5.11 Å². The molecule has 0 aliphatic heterocycles. The number of carboxylic acids is 1. The Morgan fingerprint density at radius 2 is 2.20 bits per heavy atom. The quantitative estimate of drug-likeness (QED) is 0.250. The molecule has 0 aromatic heterocycles. The van der Waals surface area contributed by atoms with Gasteiger partial charge < -0.3 is 5.11 Å². The molecule has 0 saturated carbocycles. The van der Waals surface area contributed by atoms with Gasteiger partial charge in [-0.2, -0.15) is 0 Å². The molecular formula is C12H12O3. The summed E-state index contributed by atoms with van der Waals surface area (Å²) in [5.41, 5.74) is 0.791. The second-order valence-corrected chi connectivity index (χ2v) is 3.09. The number of aldehydes is 1. The fourth-order valence-corrected chi connectivity index (χ4v) is 1.18. The maximum atomic E-state index is 10.5. The van der Waals surface area contributed by atoms with Gasteiger partial charge in [-0.1, -0.05) is 30.4 Å². The molecule has 0 aromatic carbocycles. The van der Waals surface area contributed by atoms with Crippen LogP contribution in [0.3, 0.4) is 0 Å². The van der Waals surface area contributed by atoms with Gasteiger partial charge in [0.15, 0.2) is 6.29 Å². The molecule has 0 saturated heterocycles. The minimum Gasteiger partial charge on any atom is -0.478 e. The molecule has 0 heterocycles. The summed E-state index contributed by atoms with van der Waals surface area (Å²) in [6.07, 6.45) is 13.1. The van der Waals surface area contributed by atoms with E-state index in [1.807, 2.05) is 6.08 Å². The van der Waals surface area contributed by atoms with Crippen molar-refractivity contribution < 1.29 is 14.7 Å². The van der Waals surface area contributed by atoms with E-state index >= 15 is 0 Å². The molecule has 15 heavy (non-hydrogen) atoms. The van der Waals surface area contributed by atoms with Gasteiger partial charge in [-0.15, -0.1) is 0 Å². The Kier molecular flexibility index (Phi) is 4.29. The van der Waals surface area contributed by atoms with Crippen LogP contribution < -0.4 is 0 Å². The van der Waals surface area contributed by atoms with Gasteiger partial charge in [0.2, 0.25) is 0 Å². The lowest BCUT2D eigenvalue weighted by Crippen LogP contribution is -2.00. The van der Waals surface area contributed by atoms with Crippen LogP contribution in [0.2, 0.25) is 0 Å². The Labute approximate surface area is 88.1 Å². The summed E-state index contributed by atoms with van der Waals surface area (Å²) in [7, 11) is 0. The number of rotatable bonds is 4. The number of hydrogen-bond donors (Lipinski definition) is 1. The first kappa shape index (κ1) is 11.2. The van der Waals surface area contributed by atoms with Gasteiger partial charge >= 0.3 is 5.97 Å². The van der Waals surface area contributed by atoms with Gasteiger partial charge in [0.05, 0.1) is 5.57 Å². The summed E-state index contributed by atoms with van der Waals surface area (Å²) < 4.78 is 0. The molecule has 0 aromatic rings. The highest BCUT2D eigenvalue weighted by atomic mass is 16.4. The summed E-state index contributed by atoms with van der Waals surface area (Å²) in [6.45, 7) is 0. The van der Waals surface area contributed by atoms with Crippen molar-refractivity contribution in [1.29, 1.82) is 0 Å². The molecule has 1 rings (SSSR count). The number of carbonyl (C=O) groups is 2. The molecule has 1 aliphatic rings. The molecule has 0 bridgehead atoms. The summed E-state index contributed by atoms with van der Waals surface area (Å²) in [5.74, 6) is -1.21. The van der Waals surface area contributed by atoms with E-state index in [1.54, 1.807) is 12.2 Å². The van der Waals surface area contributed by atoms with Crippen molar-refractivity contribution in [2.75, 3.05) is 0 Å². The van der Waals surface area contributed by atoms with Crippen LogP contribution in [0.1, 0.15) is 12.8 Å². The zero-order valence-corrected chi connectivity index (χ0v) is 8.22. The van der Waals surface area contributed by atoms with E-state index < -0.39 is 5.97 Å². The first-order chi connectivity index (χ1) is 7.24. The SMILES string of the molecule is O=C/C(=C/C=C/C1=CCCC=C1)C(=O)O. The third-order valence-electron chi connectivity index (χ3n) is 1.96. The van der Waals surface area contributed by atoms with Gasteiger partial charge in [-0.05, 0) is 24.5 Å². The highest BCUT2D eigenvalue weighted by Crippen LogP contribution is 2.10. The van der Waals surface area contributed by atoms with Crippen LogP contribution in [0.15, 0.2) is 47.6 Å². The second-order valence-electron chi connectivity index (χ2n) is 3.09. The fourth-order valence-electron chi connectivity index (χ4n) is 1.18. The van der Waals surface area contributed by atoms with Gasteiger partial charge in [0.1, 0.15) is 0 Å². The highest BCUT2D eigenvalue weighted by molar-refractivity contribution is 6.06. The summed E-state index contributed by atoms with van der Waals surface area (Å²) >= 11 is 0. The van der Waals surface area contributed by atoms with Crippen LogP contribution in [0.4, 0.5) is 0 Å². The molecule has 0 unspecified atom stereocenters. The first-order valence-corrected chi connectivity index (χ1v) is 4.67. The summed E-state index contributed by atoms with van der Waals surface area (Å²) in [4.78, 5) is 20.8. The predicted molar refractivity (Wildman–Crippen MR) is 57.4 cm³/mol. The smallest absolute Gasteiger partial charge is 0.339 e. The van der Waals surface area contributed by atoms with Crippen molar-refractivity contribution >= 4 is 12.3 Å². The van der Waals surface area contributed by atoms with Gasteiger partial charge in [-0.25, -0.2) is 4.79 Å². The van der Waals surface area contributed by atoms with Crippen molar-refractivity contribution in [3.8, 4) is 0 Å². The van der Waals surface area contributed by atoms with E-state index in [0.29, 0.717) is 6.29 Å². The largest absolute Gasteiger partial charge is 0.478 e. The van der Waals surface area contributed by atoms with Crippen LogP contribution in [-0.4, -0.2) is 17.4 Å². The average molecular weight is 204 g/mol. The average Bonchev–Trinajstić information content (AvgIpc) is 2.25. The Morgan fingerprint density at radius 3 is 2.73 bits per heavy atom. The lowest BCUT2D eigenvalue weighted by atomic mass is 10.1. The highest BCUT2D eigenvalue weighted by Gasteiger charge is 2.02. The van der Waals surface area contributed by atoms with Crippen LogP contribution in [0.5, 0.6) is 0 Å². The van der Waals surface area contributed by atoms with E-state index in [-0.39, 0.29) is 5.57 Å². The predicted octanol–water partition coefficient (Wildman–Crippen LogP) is 2.03. The number of carbonyl (C=O) groups excluding carboxylic acids is 1. The van der Waals surface area contributed by atoms with Crippen LogP contribution in [0, 0.1) is 0 Å². The first-order valence-electron chi connectivity index (χ1n) is 4.67. The lowest BCUT2D eigenvalue weighted by molar-refractivity contribution is -0.133. The number of aliphatic carboxylic acids is 1. The van der Waals surface area contributed by atoms with Crippen molar-refractivity contribution in [3.05, 3.63) is 47.6 Å². The standard InChI is InChI=1S/C12H12O3/c13-9-11(12(14)15)8-4-7-10-5-2-1-3-6-10/h2,4-9H,1,3H2,(H,14,15)/b7-4+,11-8-. The van der Waals surface area contributed by atoms with E-state index in [0.717, 1.165) is 18.4 Å².